The first-order valence-corrected chi connectivity index (χ1v) is 6.29. The van der Waals surface area contributed by atoms with E-state index in [9.17, 15) is 13.2 Å². The summed E-state index contributed by atoms with van der Waals surface area (Å²) in [5.41, 5.74) is 0.766. The zero-order valence-corrected chi connectivity index (χ0v) is 11.6. The quantitative estimate of drug-likeness (QED) is 0.787. The summed E-state index contributed by atoms with van der Waals surface area (Å²) in [5, 5.41) is 7.60. The van der Waals surface area contributed by atoms with Gasteiger partial charge in [0, 0.05) is 13.2 Å². The summed E-state index contributed by atoms with van der Waals surface area (Å²) in [5.74, 6) is 0. The van der Waals surface area contributed by atoms with Crippen LogP contribution in [0, 0.1) is 0 Å². The van der Waals surface area contributed by atoms with Gasteiger partial charge < -0.3 is 10.1 Å². The van der Waals surface area contributed by atoms with Crippen LogP contribution >= 0.6 is 11.6 Å². The molecule has 4 nitrogen and oxygen atoms in total. The SMILES string of the molecule is CCn1ncc(Cl)c1C(CCOCC(F)(F)F)NC. The van der Waals surface area contributed by atoms with Gasteiger partial charge in [0.15, 0.2) is 0 Å². The van der Waals surface area contributed by atoms with Crippen molar-refractivity contribution in [3.8, 4) is 0 Å². The molecule has 0 fully saturated rings. The number of ether oxygens (including phenoxy) is 1. The van der Waals surface area contributed by atoms with Gasteiger partial charge in [0.2, 0.25) is 0 Å². The molecule has 0 bridgehead atoms. The minimum Gasteiger partial charge on any atom is -0.372 e. The third kappa shape index (κ3) is 5.00. The highest BCUT2D eigenvalue weighted by atomic mass is 35.5. The van der Waals surface area contributed by atoms with Crippen molar-refractivity contribution in [2.24, 2.45) is 0 Å². The Labute approximate surface area is 114 Å². The number of aryl methyl sites for hydroxylation is 1. The van der Waals surface area contributed by atoms with Gasteiger partial charge in [-0.25, -0.2) is 0 Å². The lowest BCUT2D eigenvalue weighted by atomic mass is 10.1. The Balaban J connectivity index is 2.56. The van der Waals surface area contributed by atoms with Crippen LogP contribution < -0.4 is 5.32 Å². The number of hydrogen-bond acceptors (Lipinski definition) is 3. The van der Waals surface area contributed by atoms with Crippen LogP contribution in [0.15, 0.2) is 6.20 Å². The van der Waals surface area contributed by atoms with E-state index in [4.69, 9.17) is 11.6 Å². The molecule has 0 saturated carbocycles. The van der Waals surface area contributed by atoms with Crippen molar-refractivity contribution in [3.63, 3.8) is 0 Å². The molecule has 0 aliphatic heterocycles. The van der Waals surface area contributed by atoms with Gasteiger partial charge in [-0.3, -0.25) is 4.68 Å². The first kappa shape index (κ1) is 16.3. The Morgan fingerprint density at radius 3 is 2.74 bits per heavy atom. The number of rotatable bonds is 7. The van der Waals surface area contributed by atoms with Crippen molar-refractivity contribution in [1.82, 2.24) is 15.1 Å². The van der Waals surface area contributed by atoms with E-state index in [1.165, 1.54) is 6.20 Å². The summed E-state index contributed by atoms with van der Waals surface area (Å²) in [7, 11) is 1.72. The molecule has 1 heterocycles. The topological polar surface area (TPSA) is 39.1 Å². The van der Waals surface area contributed by atoms with E-state index in [1.54, 1.807) is 11.7 Å². The zero-order valence-electron chi connectivity index (χ0n) is 10.8. The molecular formula is C11H17ClF3N3O. The van der Waals surface area contributed by atoms with Gasteiger partial charge in [-0.05, 0) is 20.4 Å². The fourth-order valence-electron chi connectivity index (χ4n) is 1.78. The van der Waals surface area contributed by atoms with Gasteiger partial charge in [-0.2, -0.15) is 18.3 Å². The second kappa shape index (κ2) is 7.12. The molecule has 1 unspecified atom stereocenters. The normalized spacial score (nSPS) is 13.8. The number of halogens is 4. The highest BCUT2D eigenvalue weighted by Gasteiger charge is 2.27. The Morgan fingerprint density at radius 1 is 1.53 bits per heavy atom. The maximum absolute atomic E-state index is 11.9. The zero-order chi connectivity index (χ0) is 14.5. The predicted octanol–water partition coefficient (Wildman–Crippen LogP) is 2.79. The summed E-state index contributed by atoms with van der Waals surface area (Å²) in [6.45, 7) is 1.32. The largest absolute Gasteiger partial charge is 0.411 e. The second-order valence-electron chi connectivity index (χ2n) is 3.99. The molecule has 1 N–H and O–H groups in total. The molecule has 1 aromatic heterocycles. The number of alkyl halides is 3. The van der Waals surface area contributed by atoms with E-state index in [0.29, 0.717) is 18.0 Å². The van der Waals surface area contributed by atoms with Gasteiger partial charge in [-0.15, -0.1) is 0 Å². The van der Waals surface area contributed by atoms with Crippen molar-refractivity contribution < 1.29 is 17.9 Å². The molecule has 0 radical (unpaired) electrons. The summed E-state index contributed by atoms with van der Waals surface area (Å²) in [6.07, 6.45) is -2.38. The molecule has 19 heavy (non-hydrogen) atoms. The van der Waals surface area contributed by atoms with E-state index in [1.807, 2.05) is 6.92 Å². The van der Waals surface area contributed by atoms with E-state index in [-0.39, 0.29) is 12.6 Å². The fraction of sp³-hybridized carbons (Fsp3) is 0.727. The third-order valence-corrected chi connectivity index (χ3v) is 2.92. The number of aromatic nitrogens is 2. The molecule has 8 heteroatoms. The van der Waals surface area contributed by atoms with Gasteiger partial charge in [-0.1, -0.05) is 11.6 Å². The standard InChI is InChI=1S/C11H17ClF3N3O/c1-3-18-10(8(12)6-17-18)9(16-2)4-5-19-7-11(13,14)15/h6,9,16H,3-5,7H2,1-2H3. The molecule has 0 spiro atoms. The smallest absolute Gasteiger partial charge is 0.372 e. The lowest BCUT2D eigenvalue weighted by Crippen LogP contribution is -2.24. The highest BCUT2D eigenvalue weighted by molar-refractivity contribution is 6.31. The Hall–Kier alpha value is -0.790. The lowest BCUT2D eigenvalue weighted by Gasteiger charge is -2.18. The molecule has 0 saturated heterocycles. The van der Waals surface area contributed by atoms with Crippen molar-refractivity contribution in [1.29, 1.82) is 0 Å². The van der Waals surface area contributed by atoms with Crippen molar-refractivity contribution >= 4 is 11.6 Å². The van der Waals surface area contributed by atoms with E-state index >= 15 is 0 Å². The molecule has 0 amide bonds. The van der Waals surface area contributed by atoms with Gasteiger partial charge >= 0.3 is 6.18 Å². The molecule has 0 aliphatic rings. The third-order valence-electron chi connectivity index (χ3n) is 2.63. The number of nitrogens with one attached hydrogen (secondary N) is 1. The van der Waals surface area contributed by atoms with Crippen LogP contribution in [0.3, 0.4) is 0 Å². The Bertz CT molecular complexity index is 395. The highest BCUT2D eigenvalue weighted by Crippen LogP contribution is 2.25. The first-order chi connectivity index (χ1) is 8.89. The summed E-state index contributed by atoms with van der Waals surface area (Å²) >= 11 is 6.04. The summed E-state index contributed by atoms with van der Waals surface area (Å²) < 4.78 is 42.1. The summed E-state index contributed by atoms with van der Waals surface area (Å²) in [6, 6.07) is -0.191. The van der Waals surface area contributed by atoms with Gasteiger partial charge in [0.25, 0.3) is 0 Å². The van der Waals surface area contributed by atoms with Crippen molar-refractivity contribution in [2.45, 2.75) is 32.1 Å². The fourth-order valence-corrected chi connectivity index (χ4v) is 2.05. The average molecular weight is 300 g/mol. The van der Waals surface area contributed by atoms with Crippen LogP contribution in [0.4, 0.5) is 13.2 Å². The van der Waals surface area contributed by atoms with Crippen LogP contribution in [0.2, 0.25) is 5.02 Å². The van der Waals surface area contributed by atoms with Crippen LogP contribution in [-0.2, 0) is 11.3 Å². The minimum absolute atomic E-state index is 0.00373. The van der Waals surface area contributed by atoms with Crippen LogP contribution in [0.5, 0.6) is 0 Å². The Morgan fingerprint density at radius 2 is 2.21 bits per heavy atom. The Kier molecular flexibility index (Phi) is 6.09. The van der Waals surface area contributed by atoms with E-state index in [0.717, 1.165) is 5.69 Å². The molecule has 110 valence electrons. The maximum atomic E-state index is 11.9. The number of nitrogens with zero attached hydrogens (tertiary/aromatic N) is 2. The average Bonchev–Trinajstić information content (AvgIpc) is 2.70. The maximum Gasteiger partial charge on any atom is 0.411 e. The molecule has 0 aromatic carbocycles. The number of hydrogen-bond donors (Lipinski definition) is 1. The minimum atomic E-state index is -4.29. The van der Waals surface area contributed by atoms with Gasteiger partial charge in [0.05, 0.1) is 23.0 Å². The molecular weight excluding hydrogens is 283 g/mol. The predicted molar refractivity (Wildman–Crippen MR) is 66.2 cm³/mol. The monoisotopic (exact) mass is 299 g/mol. The lowest BCUT2D eigenvalue weighted by molar-refractivity contribution is -0.174. The first-order valence-electron chi connectivity index (χ1n) is 5.92. The van der Waals surface area contributed by atoms with Crippen LogP contribution in [0.1, 0.15) is 25.1 Å². The van der Waals surface area contributed by atoms with Crippen LogP contribution in [-0.4, -0.2) is 36.2 Å². The molecule has 1 aromatic rings. The van der Waals surface area contributed by atoms with E-state index in [2.05, 4.69) is 15.2 Å². The molecule has 1 rings (SSSR count). The molecule has 1 atom stereocenters. The van der Waals surface area contributed by atoms with Crippen LogP contribution in [0.25, 0.3) is 0 Å². The van der Waals surface area contributed by atoms with Crippen molar-refractivity contribution in [3.05, 3.63) is 16.9 Å². The van der Waals surface area contributed by atoms with Gasteiger partial charge in [0.1, 0.15) is 6.61 Å². The van der Waals surface area contributed by atoms with E-state index < -0.39 is 12.8 Å². The molecule has 0 aliphatic carbocycles. The second-order valence-corrected chi connectivity index (χ2v) is 4.40. The van der Waals surface area contributed by atoms with Crippen molar-refractivity contribution in [2.75, 3.05) is 20.3 Å². The summed E-state index contributed by atoms with van der Waals surface area (Å²) in [4.78, 5) is 0.